The number of hydrogen-bond acceptors (Lipinski definition) is 2. The van der Waals surface area contributed by atoms with Crippen LogP contribution >= 0.6 is 0 Å². The molecular formula is C18H28N2O3. The minimum atomic E-state index is -0.907. The molecular weight excluding hydrogens is 292 g/mol. The number of amides is 2. The van der Waals surface area contributed by atoms with Gasteiger partial charge in [-0.05, 0) is 17.9 Å². The van der Waals surface area contributed by atoms with Crippen molar-refractivity contribution in [3.8, 4) is 0 Å². The smallest absolute Gasteiger partial charge is 0.317 e. The summed E-state index contributed by atoms with van der Waals surface area (Å²) in [5.74, 6) is -1.51. The van der Waals surface area contributed by atoms with Gasteiger partial charge >= 0.3 is 12.0 Å². The minimum Gasteiger partial charge on any atom is -0.481 e. The number of benzene rings is 1. The number of carbonyl (C=O) groups is 2. The highest BCUT2D eigenvalue weighted by molar-refractivity contribution is 5.76. The first kappa shape index (κ1) is 19.0. The van der Waals surface area contributed by atoms with E-state index >= 15 is 0 Å². The van der Waals surface area contributed by atoms with Gasteiger partial charge in [0.05, 0.1) is 12.0 Å². The average molecular weight is 320 g/mol. The van der Waals surface area contributed by atoms with Gasteiger partial charge in [0.15, 0.2) is 0 Å². The van der Waals surface area contributed by atoms with Gasteiger partial charge in [0, 0.05) is 13.6 Å². The van der Waals surface area contributed by atoms with Crippen LogP contribution in [0, 0.1) is 18.3 Å². The van der Waals surface area contributed by atoms with E-state index in [2.05, 4.69) is 32.2 Å². The van der Waals surface area contributed by atoms with Gasteiger partial charge in [-0.25, -0.2) is 4.79 Å². The maximum absolute atomic E-state index is 12.4. The average Bonchev–Trinajstić information content (AvgIpc) is 2.42. The molecule has 0 spiro atoms. The largest absolute Gasteiger partial charge is 0.481 e. The third-order valence-electron chi connectivity index (χ3n) is 3.83. The second kappa shape index (κ2) is 7.49. The van der Waals surface area contributed by atoms with E-state index in [4.69, 9.17) is 5.11 Å². The van der Waals surface area contributed by atoms with E-state index in [1.165, 1.54) is 4.90 Å². The van der Waals surface area contributed by atoms with Gasteiger partial charge in [0.1, 0.15) is 0 Å². The molecule has 2 atom stereocenters. The lowest BCUT2D eigenvalue weighted by molar-refractivity contribution is -0.141. The Labute approximate surface area is 138 Å². The molecule has 1 aromatic carbocycles. The van der Waals surface area contributed by atoms with Gasteiger partial charge in [-0.2, -0.15) is 0 Å². The van der Waals surface area contributed by atoms with Crippen LogP contribution in [0.15, 0.2) is 24.3 Å². The fraction of sp³-hybridized carbons (Fsp3) is 0.556. The van der Waals surface area contributed by atoms with E-state index in [1.807, 2.05) is 25.1 Å². The van der Waals surface area contributed by atoms with Crippen molar-refractivity contribution in [2.75, 3.05) is 13.6 Å². The zero-order chi connectivity index (χ0) is 17.8. The van der Waals surface area contributed by atoms with Gasteiger partial charge in [-0.3, -0.25) is 4.79 Å². The Hall–Kier alpha value is -2.04. The Bertz CT molecular complexity index is 564. The van der Waals surface area contributed by atoms with Crippen molar-refractivity contribution in [1.29, 1.82) is 0 Å². The van der Waals surface area contributed by atoms with Crippen molar-refractivity contribution in [2.24, 2.45) is 11.3 Å². The van der Waals surface area contributed by atoms with Crippen LogP contribution in [-0.4, -0.2) is 35.6 Å². The van der Waals surface area contributed by atoms with E-state index < -0.39 is 11.9 Å². The fourth-order valence-electron chi connectivity index (χ4n) is 2.45. The number of aliphatic carboxylic acids is 1. The van der Waals surface area contributed by atoms with Crippen LogP contribution < -0.4 is 5.32 Å². The third-order valence-corrected chi connectivity index (χ3v) is 3.83. The molecule has 5 heteroatoms. The van der Waals surface area contributed by atoms with Crippen molar-refractivity contribution < 1.29 is 14.7 Å². The van der Waals surface area contributed by atoms with Crippen molar-refractivity contribution in [1.82, 2.24) is 10.2 Å². The monoisotopic (exact) mass is 320 g/mol. The van der Waals surface area contributed by atoms with Crippen LogP contribution in [0.25, 0.3) is 0 Å². The molecule has 0 bridgehead atoms. The van der Waals surface area contributed by atoms with E-state index in [0.717, 1.165) is 11.1 Å². The Morgan fingerprint density at radius 1 is 1.30 bits per heavy atom. The number of rotatable bonds is 5. The molecule has 0 saturated carbocycles. The third kappa shape index (κ3) is 5.58. The molecule has 0 heterocycles. The first-order valence-corrected chi connectivity index (χ1v) is 7.83. The summed E-state index contributed by atoms with van der Waals surface area (Å²) in [6.45, 7) is 9.99. The maximum atomic E-state index is 12.4. The normalized spacial score (nSPS) is 14.0. The van der Waals surface area contributed by atoms with Gasteiger partial charge in [-0.1, -0.05) is 57.5 Å². The van der Waals surface area contributed by atoms with Crippen LogP contribution in [0.2, 0.25) is 0 Å². The first-order valence-electron chi connectivity index (χ1n) is 7.83. The van der Waals surface area contributed by atoms with Gasteiger partial charge in [0.25, 0.3) is 0 Å². The predicted molar refractivity (Wildman–Crippen MR) is 91.3 cm³/mol. The number of nitrogens with zero attached hydrogens (tertiary/aromatic N) is 1. The lowest BCUT2D eigenvalue weighted by atomic mass is 9.82. The lowest BCUT2D eigenvalue weighted by Crippen LogP contribution is -2.45. The number of carboxylic acid groups (broad SMARTS) is 1. The fourth-order valence-corrected chi connectivity index (χ4v) is 2.45. The van der Waals surface area contributed by atoms with Crippen LogP contribution in [0.5, 0.6) is 0 Å². The summed E-state index contributed by atoms with van der Waals surface area (Å²) in [4.78, 5) is 24.8. The Balaban J connectivity index is 2.90. The molecule has 2 N–H and O–H groups in total. The Kier molecular flexibility index (Phi) is 6.19. The summed E-state index contributed by atoms with van der Waals surface area (Å²) in [6.07, 6.45) is 0. The SMILES string of the molecule is Cc1cccc(C(NC(=O)N(C)CC(C)C(=O)O)C(C)(C)C)c1. The minimum absolute atomic E-state index is 0.155. The molecule has 0 fully saturated rings. The molecule has 1 rings (SSSR count). The lowest BCUT2D eigenvalue weighted by Gasteiger charge is -2.34. The van der Waals surface area contributed by atoms with E-state index in [-0.39, 0.29) is 24.0 Å². The van der Waals surface area contributed by atoms with E-state index in [1.54, 1.807) is 14.0 Å². The summed E-state index contributed by atoms with van der Waals surface area (Å²) >= 11 is 0. The predicted octanol–water partition coefficient (Wildman–Crippen LogP) is 3.44. The molecule has 0 radical (unpaired) electrons. The molecule has 23 heavy (non-hydrogen) atoms. The zero-order valence-corrected chi connectivity index (χ0v) is 14.9. The Morgan fingerprint density at radius 3 is 2.39 bits per heavy atom. The number of aryl methyl sites for hydroxylation is 1. The Morgan fingerprint density at radius 2 is 1.91 bits per heavy atom. The van der Waals surface area contributed by atoms with E-state index in [0.29, 0.717) is 0 Å². The summed E-state index contributed by atoms with van der Waals surface area (Å²) < 4.78 is 0. The molecule has 0 aliphatic carbocycles. The standard InChI is InChI=1S/C18H28N2O3/c1-12-8-7-9-14(10-12)15(18(3,4)5)19-17(23)20(6)11-13(2)16(21)22/h7-10,13,15H,11H2,1-6H3,(H,19,23)(H,21,22). The highest BCUT2D eigenvalue weighted by Gasteiger charge is 2.29. The van der Waals surface area contributed by atoms with Crippen LogP contribution in [-0.2, 0) is 4.79 Å². The highest BCUT2D eigenvalue weighted by Crippen LogP contribution is 2.33. The molecule has 0 aliphatic rings. The van der Waals surface area contributed by atoms with Gasteiger partial charge in [-0.15, -0.1) is 0 Å². The summed E-state index contributed by atoms with van der Waals surface area (Å²) in [5, 5.41) is 12.0. The quantitative estimate of drug-likeness (QED) is 0.873. The highest BCUT2D eigenvalue weighted by atomic mass is 16.4. The number of nitrogens with one attached hydrogen (secondary N) is 1. The molecule has 2 unspecified atom stereocenters. The summed E-state index contributed by atoms with van der Waals surface area (Å²) in [5.41, 5.74) is 2.02. The maximum Gasteiger partial charge on any atom is 0.317 e. The molecule has 0 aliphatic heterocycles. The molecule has 2 amide bonds. The number of urea groups is 1. The second-order valence-electron chi connectivity index (χ2n) is 7.28. The van der Waals surface area contributed by atoms with Gasteiger partial charge < -0.3 is 15.3 Å². The first-order chi connectivity index (χ1) is 10.5. The molecule has 128 valence electrons. The van der Waals surface area contributed by atoms with Crippen molar-refractivity contribution >= 4 is 12.0 Å². The molecule has 5 nitrogen and oxygen atoms in total. The topological polar surface area (TPSA) is 69.6 Å². The van der Waals surface area contributed by atoms with Crippen molar-refractivity contribution in [2.45, 2.75) is 40.7 Å². The molecule has 0 aromatic heterocycles. The van der Waals surface area contributed by atoms with Crippen LogP contribution in [0.1, 0.15) is 44.9 Å². The molecule has 0 saturated heterocycles. The van der Waals surface area contributed by atoms with Crippen molar-refractivity contribution in [3.05, 3.63) is 35.4 Å². The number of hydrogen-bond donors (Lipinski definition) is 2. The van der Waals surface area contributed by atoms with Crippen molar-refractivity contribution in [3.63, 3.8) is 0 Å². The molecule has 1 aromatic rings. The van der Waals surface area contributed by atoms with Crippen LogP contribution in [0.3, 0.4) is 0 Å². The summed E-state index contributed by atoms with van der Waals surface area (Å²) in [7, 11) is 1.62. The van der Waals surface area contributed by atoms with Crippen LogP contribution in [0.4, 0.5) is 4.79 Å². The number of carboxylic acids is 1. The van der Waals surface area contributed by atoms with Gasteiger partial charge in [0.2, 0.25) is 0 Å². The van der Waals surface area contributed by atoms with E-state index in [9.17, 15) is 9.59 Å². The summed E-state index contributed by atoms with van der Waals surface area (Å²) in [6, 6.07) is 7.65. The zero-order valence-electron chi connectivity index (χ0n) is 14.9. The number of carbonyl (C=O) groups excluding carboxylic acids is 1. The second-order valence-corrected chi connectivity index (χ2v) is 7.28.